The molecular formula is C24H30IN4O3-. The molecule has 1 aliphatic heterocycles. The van der Waals surface area contributed by atoms with Crippen LogP contribution in [0.1, 0.15) is 31.2 Å². The minimum atomic E-state index is -0.788. The van der Waals surface area contributed by atoms with Crippen LogP contribution >= 0.6 is 0 Å². The van der Waals surface area contributed by atoms with Gasteiger partial charge < -0.3 is 0 Å². The second kappa shape index (κ2) is 10.1. The van der Waals surface area contributed by atoms with Crippen molar-refractivity contribution in [2.24, 2.45) is 3.21 Å². The van der Waals surface area contributed by atoms with Gasteiger partial charge in [0.2, 0.25) is 0 Å². The first-order valence-electron chi connectivity index (χ1n) is 10.8. The van der Waals surface area contributed by atoms with Gasteiger partial charge >= 0.3 is 201 Å². The minimum absolute atomic E-state index is 0.101. The number of rotatable bonds is 6. The van der Waals surface area contributed by atoms with Gasteiger partial charge in [-0.25, -0.2) is 0 Å². The Labute approximate surface area is 200 Å². The monoisotopic (exact) mass is 549 g/mol. The molecule has 2 aliphatic rings. The molecule has 7 nitrogen and oxygen atoms in total. The molecule has 2 aromatic rings. The number of urea groups is 1. The zero-order valence-electron chi connectivity index (χ0n) is 18.7. The standard InChI is InChI=1S/C24H30IN4O3/c1-29-14-13-24(17-9-10-20(31-2)21(15-17)32-3)12-11-19(16-22(24)29)27-25-28-23(30)26-18-7-5-4-6-8-18/h4-10,15,22H,11-14,16H2,1-3H3,(H2,26,28,30)/q-1/b27-19+/t22-,24-/m0/s1. The number of nitrogens with one attached hydrogen (secondary N) is 2. The van der Waals surface area contributed by atoms with Gasteiger partial charge in [0.15, 0.2) is 0 Å². The van der Waals surface area contributed by atoms with Gasteiger partial charge in [-0.1, -0.05) is 0 Å². The number of likely N-dealkylation sites (N-methyl/N-ethyl adjacent to an activating group) is 1. The van der Waals surface area contributed by atoms with Gasteiger partial charge in [0.1, 0.15) is 0 Å². The van der Waals surface area contributed by atoms with E-state index < -0.39 is 21.8 Å². The first kappa shape index (κ1) is 22.8. The summed E-state index contributed by atoms with van der Waals surface area (Å²) in [5.41, 5.74) is 3.42. The van der Waals surface area contributed by atoms with Crippen LogP contribution in [0, 0.1) is 0 Å². The average molecular weight is 549 g/mol. The number of methoxy groups -OCH3 is 2. The molecule has 1 aliphatic carbocycles. The van der Waals surface area contributed by atoms with E-state index in [1.165, 1.54) is 11.3 Å². The Bertz CT molecular complexity index is 984. The second-order valence-electron chi connectivity index (χ2n) is 8.33. The summed E-state index contributed by atoms with van der Waals surface area (Å²) in [6.45, 7) is 1.07. The van der Waals surface area contributed by atoms with Crippen molar-refractivity contribution >= 4 is 17.4 Å². The Kier molecular flexibility index (Phi) is 7.20. The number of nitrogens with zero attached hydrogens (tertiary/aromatic N) is 2. The average Bonchev–Trinajstić information content (AvgIpc) is 3.16. The normalized spacial score (nSPS) is 24.2. The molecule has 0 spiro atoms. The molecule has 172 valence electrons. The van der Waals surface area contributed by atoms with Crippen LogP contribution in [-0.4, -0.2) is 50.5 Å². The third kappa shape index (κ3) is 4.71. The van der Waals surface area contributed by atoms with E-state index in [-0.39, 0.29) is 11.4 Å². The Morgan fingerprint density at radius 3 is 2.66 bits per heavy atom. The van der Waals surface area contributed by atoms with Gasteiger partial charge in [-0.2, -0.15) is 0 Å². The van der Waals surface area contributed by atoms with Gasteiger partial charge in [-0.05, 0) is 0 Å². The number of amides is 2. The molecule has 0 bridgehead atoms. The maximum absolute atomic E-state index is 12.1. The predicted octanol–water partition coefficient (Wildman–Crippen LogP) is 1.01. The summed E-state index contributed by atoms with van der Waals surface area (Å²) in [6, 6.07) is 16.0. The molecule has 8 heteroatoms. The Hall–Kier alpha value is -2.33. The number of halogens is 1. The van der Waals surface area contributed by atoms with Crippen molar-refractivity contribution in [2.75, 3.05) is 33.1 Å². The van der Waals surface area contributed by atoms with Gasteiger partial charge in [0.05, 0.1) is 0 Å². The molecular weight excluding hydrogens is 519 g/mol. The molecule has 1 saturated heterocycles. The fraction of sp³-hybridized carbons (Fsp3) is 0.417. The molecule has 2 aromatic carbocycles. The van der Waals surface area contributed by atoms with Gasteiger partial charge in [-0.15, -0.1) is 0 Å². The summed E-state index contributed by atoms with van der Waals surface area (Å²) in [4.78, 5) is 14.6. The van der Waals surface area contributed by atoms with E-state index in [9.17, 15) is 4.79 Å². The molecule has 2 fully saturated rings. The van der Waals surface area contributed by atoms with Crippen molar-refractivity contribution in [2.45, 2.75) is 37.1 Å². The summed E-state index contributed by atoms with van der Waals surface area (Å²) in [5, 5.41) is 2.85. The Morgan fingerprint density at radius 2 is 1.91 bits per heavy atom. The van der Waals surface area contributed by atoms with Crippen molar-refractivity contribution in [3.63, 3.8) is 0 Å². The van der Waals surface area contributed by atoms with Gasteiger partial charge in [-0.3, -0.25) is 0 Å². The Balaban J connectivity index is 1.42. The molecule has 2 amide bonds. The summed E-state index contributed by atoms with van der Waals surface area (Å²) in [7, 11) is 5.56. The number of anilines is 1. The molecule has 2 N–H and O–H groups in total. The molecule has 32 heavy (non-hydrogen) atoms. The zero-order chi connectivity index (χ0) is 22.6. The van der Waals surface area contributed by atoms with E-state index in [4.69, 9.17) is 12.7 Å². The van der Waals surface area contributed by atoms with Crippen molar-refractivity contribution in [1.82, 2.24) is 8.43 Å². The number of ether oxygens (including phenoxy) is 2. The number of hydrogen-bond acceptors (Lipinski definition) is 5. The first-order chi connectivity index (χ1) is 15.6. The molecule has 0 unspecified atom stereocenters. The number of benzene rings is 2. The molecule has 0 radical (unpaired) electrons. The number of fused-ring (bicyclic) bond motifs is 1. The van der Waals surface area contributed by atoms with Crippen molar-refractivity contribution in [3.05, 3.63) is 54.1 Å². The van der Waals surface area contributed by atoms with E-state index in [1.54, 1.807) is 14.2 Å². The van der Waals surface area contributed by atoms with Crippen LogP contribution in [0.25, 0.3) is 0 Å². The predicted molar refractivity (Wildman–Crippen MR) is 122 cm³/mol. The van der Waals surface area contributed by atoms with Crippen molar-refractivity contribution in [3.8, 4) is 11.5 Å². The summed E-state index contributed by atoms with van der Waals surface area (Å²) in [5.74, 6) is 1.55. The van der Waals surface area contributed by atoms with Crippen LogP contribution in [0.3, 0.4) is 0 Å². The second-order valence-corrected chi connectivity index (χ2v) is 9.83. The number of likely N-dealkylation sites (tertiary alicyclic amines) is 1. The summed E-state index contributed by atoms with van der Waals surface area (Å²) < 4.78 is 18.8. The number of para-hydroxylation sites is 1. The SMILES string of the molecule is COc1ccc([C@@]23CC/C(=N\[I-]NC(=O)Nc4ccccc4)C[C@@H]2N(C)CC3)cc1OC. The van der Waals surface area contributed by atoms with Crippen LogP contribution in [0.5, 0.6) is 11.5 Å². The fourth-order valence-corrected chi connectivity index (χ4v) is 6.21. The third-order valence-electron chi connectivity index (χ3n) is 6.65. The third-order valence-corrected chi connectivity index (χ3v) is 8.30. The van der Waals surface area contributed by atoms with Crippen molar-refractivity contribution in [1.29, 1.82) is 0 Å². The Morgan fingerprint density at radius 1 is 1.12 bits per heavy atom. The van der Waals surface area contributed by atoms with E-state index in [0.717, 1.165) is 49.4 Å². The fourth-order valence-electron chi connectivity index (χ4n) is 4.95. The van der Waals surface area contributed by atoms with E-state index in [2.05, 4.69) is 32.9 Å². The molecule has 4 rings (SSSR count). The van der Waals surface area contributed by atoms with Crippen LogP contribution < -0.4 is 40.1 Å². The van der Waals surface area contributed by atoms with Gasteiger partial charge in [0, 0.05) is 0 Å². The van der Waals surface area contributed by atoms with Crippen molar-refractivity contribution < 1.29 is 36.0 Å². The van der Waals surface area contributed by atoms with E-state index >= 15 is 0 Å². The quantitative estimate of drug-likeness (QED) is 0.417. The van der Waals surface area contributed by atoms with E-state index in [1.807, 2.05) is 36.4 Å². The number of carbonyl (C=O) groups excluding carboxylic acids is 1. The number of hydrogen-bond donors (Lipinski definition) is 2. The molecule has 1 saturated carbocycles. The van der Waals surface area contributed by atoms with Crippen LogP contribution in [0.15, 0.2) is 51.7 Å². The van der Waals surface area contributed by atoms with Gasteiger partial charge in [0.25, 0.3) is 0 Å². The topological polar surface area (TPSA) is 75.2 Å². The maximum atomic E-state index is 12.1. The molecule has 1 heterocycles. The first-order valence-corrected chi connectivity index (χ1v) is 12.8. The molecule has 0 aromatic heterocycles. The van der Waals surface area contributed by atoms with E-state index in [0.29, 0.717) is 6.04 Å². The zero-order valence-corrected chi connectivity index (χ0v) is 20.9. The number of carbonyl (C=O) groups is 1. The molecule has 2 atom stereocenters. The van der Waals surface area contributed by atoms with Crippen LogP contribution in [-0.2, 0) is 5.41 Å². The van der Waals surface area contributed by atoms with Crippen LogP contribution in [0.2, 0.25) is 0 Å². The van der Waals surface area contributed by atoms with Crippen LogP contribution in [0.4, 0.5) is 10.5 Å². The summed E-state index contributed by atoms with van der Waals surface area (Å²) in [6.07, 6.45) is 4.08. The summed E-state index contributed by atoms with van der Waals surface area (Å²) >= 11 is -0.788.